The molecule has 0 amide bonds. The van der Waals surface area contributed by atoms with Gasteiger partial charge in [-0.25, -0.2) is 4.57 Å². The van der Waals surface area contributed by atoms with Crippen LogP contribution >= 0.6 is 18.2 Å². The molecule has 0 heterocycles. The third-order valence-corrected chi connectivity index (χ3v) is 2.92. The normalized spacial score (nSPS) is 23.0. The first-order chi connectivity index (χ1) is 14.7. The first-order valence-electron chi connectivity index (χ1n) is 11.6. The standard InChI is InChI=1S/C14H14ClO3P/c1-11-7-3-5-9-13(11)17-19(15,16)18-14-10-6-4-8-12(14)2/h3-10H,1-2H3/i1D3,2D3,3D,4D,5D,6D,7D,8D,9D,10D. The van der Waals surface area contributed by atoms with Gasteiger partial charge in [0.25, 0.3) is 0 Å². The van der Waals surface area contributed by atoms with Crippen molar-refractivity contribution in [3.8, 4) is 11.5 Å². The Morgan fingerprint density at radius 3 is 1.84 bits per heavy atom. The molecule has 100 valence electrons. The van der Waals surface area contributed by atoms with Crippen molar-refractivity contribution in [1.82, 2.24) is 0 Å². The summed E-state index contributed by atoms with van der Waals surface area (Å²) < 4.78 is 130. The zero-order valence-electron chi connectivity index (χ0n) is 23.0. The van der Waals surface area contributed by atoms with E-state index in [1.54, 1.807) is 0 Å². The minimum absolute atomic E-state index is 0.925. The summed E-state index contributed by atoms with van der Waals surface area (Å²) in [6.45, 7) is -11.6. The monoisotopic (exact) mass is 310 g/mol. The fourth-order valence-corrected chi connectivity index (χ4v) is 2.14. The van der Waals surface area contributed by atoms with Gasteiger partial charge in [0.1, 0.15) is 11.5 Å². The summed E-state index contributed by atoms with van der Waals surface area (Å²) in [5.74, 6) is -2.31. The predicted molar refractivity (Wildman–Crippen MR) is 77.1 cm³/mol. The van der Waals surface area contributed by atoms with E-state index in [2.05, 4.69) is 0 Å². The van der Waals surface area contributed by atoms with Crippen LogP contribution in [0.4, 0.5) is 0 Å². The van der Waals surface area contributed by atoms with Gasteiger partial charge in [0, 0.05) is 19.5 Å². The second-order valence-corrected chi connectivity index (χ2v) is 5.49. The number of halogens is 1. The van der Waals surface area contributed by atoms with Crippen LogP contribution in [-0.2, 0) is 4.57 Å². The summed E-state index contributed by atoms with van der Waals surface area (Å²) in [6.07, 6.45) is 0. The topological polar surface area (TPSA) is 35.5 Å². The van der Waals surface area contributed by atoms with Gasteiger partial charge < -0.3 is 9.05 Å². The van der Waals surface area contributed by atoms with Crippen molar-refractivity contribution in [3.63, 3.8) is 0 Å². The lowest BCUT2D eigenvalue weighted by molar-refractivity contribution is 0.404. The van der Waals surface area contributed by atoms with Crippen molar-refractivity contribution in [1.29, 1.82) is 0 Å². The van der Waals surface area contributed by atoms with Crippen LogP contribution in [0.1, 0.15) is 30.3 Å². The highest BCUT2D eigenvalue weighted by Crippen LogP contribution is 2.54. The molecule has 2 rings (SSSR count). The zero-order valence-corrected chi connectivity index (χ0v) is 10.7. The average molecular weight is 311 g/mol. The Balaban J connectivity index is 2.74. The number of para-hydroxylation sites is 2. The molecule has 0 aliphatic heterocycles. The molecule has 0 aromatic heterocycles. The fraction of sp³-hybridized carbons (Fsp3) is 0.143. The molecule has 0 unspecified atom stereocenters. The maximum atomic E-state index is 12.9. The quantitative estimate of drug-likeness (QED) is 0.736. The molecule has 0 radical (unpaired) electrons. The van der Waals surface area contributed by atoms with Crippen LogP contribution in [-0.4, -0.2) is 0 Å². The van der Waals surface area contributed by atoms with Gasteiger partial charge in [-0.1, -0.05) is 36.3 Å². The van der Waals surface area contributed by atoms with Gasteiger partial charge >= 0.3 is 6.95 Å². The number of hydrogen-bond donors (Lipinski definition) is 0. The first-order valence-corrected chi connectivity index (χ1v) is 7.07. The molecule has 0 N–H and O–H groups in total. The van der Waals surface area contributed by atoms with Crippen LogP contribution in [0, 0.1) is 13.7 Å². The summed E-state index contributed by atoms with van der Waals surface area (Å²) in [7, 11) is 0. The average Bonchev–Trinajstić information content (AvgIpc) is 2.64. The van der Waals surface area contributed by atoms with Gasteiger partial charge in [-0.15, -0.1) is 0 Å². The summed E-state index contributed by atoms with van der Waals surface area (Å²) in [5.41, 5.74) is -2.16. The molecule has 0 aliphatic rings. The molecule has 19 heavy (non-hydrogen) atoms. The van der Waals surface area contributed by atoms with E-state index in [1.807, 2.05) is 0 Å². The summed E-state index contributed by atoms with van der Waals surface area (Å²) in [4.78, 5) is 0. The van der Waals surface area contributed by atoms with E-state index >= 15 is 0 Å². The molecule has 0 saturated heterocycles. The van der Waals surface area contributed by atoms with Crippen molar-refractivity contribution >= 4 is 18.2 Å². The van der Waals surface area contributed by atoms with Crippen LogP contribution in [0.15, 0.2) is 48.3 Å². The van der Waals surface area contributed by atoms with Crippen molar-refractivity contribution in [2.75, 3.05) is 0 Å². The van der Waals surface area contributed by atoms with Gasteiger partial charge in [-0.3, -0.25) is 0 Å². The Morgan fingerprint density at radius 2 is 1.42 bits per heavy atom. The third kappa shape index (κ3) is 3.76. The molecular weight excluding hydrogens is 283 g/mol. The van der Waals surface area contributed by atoms with Crippen LogP contribution in [0.2, 0.25) is 0 Å². The maximum Gasteiger partial charge on any atom is 0.530 e. The fourth-order valence-electron chi connectivity index (χ4n) is 0.976. The molecule has 0 spiro atoms. The van der Waals surface area contributed by atoms with Gasteiger partial charge in [-0.2, -0.15) is 0 Å². The zero-order chi connectivity index (χ0) is 25.8. The highest BCUT2D eigenvalue weighted by atomic mass is 35.7. The molecule has 3 nitrogen and oxygen atoms in total. The molecule has 2 aromatic carbocycles. The number of hydrogen-bond acceptors (Lipinski definition) is 3. The van der Waals surface area contributed by atoms with Crippen molar-refractivity contribution < 1.29 is 32.8 Å². The Morgan fingerprint density at radius 1 is 1.00 bits per heavy atom. The van der Waals surface area contributed by atoms with Crippen molar-refractivity contribution in [3.05, 3.63) is 59.5 Å². The third-order valence-electron chi connectivity index (χ3n) is 1.71. The van der Waals surface area contributed by atoms with E-state index in [4.69, 9.17) is 39.5 Å². The van der Waals surface area contributed by atoms with E-state index in [1.165, 1.54) is 0 Å². The van der Waals surface area contributed by atoms with Crippen molar-refractivity contribution in [2.45, 2.75) is 13.7 Å². The van der Waals surface area contributed by atoms with Crippen LogP contribution < -0.4 is 9.05 Å². The van der Waals surface area contributed by atoms with Crippen molar-refractivity contribution in [2.24, 2.45) is 0 Å². The van der Waals surface area contributed by atoms with E-state index in [9.17, 15) is 4.57 Å². The lowest BCUT2D eigenvalue weighted by Crippen LogP contribution is -1.97. The largest absolute Gasteiger partial charge is 0.530 e. The second kappa shape index (κ2) is 5.68. The maximum absolute atomic E-state index is 12.9. The van der Waals surface area contributed by atoms with E-state index in [0.717, 1.165) is 0 Å². The molecule has 0 fully saturated rings. The van der Waals surface area contributed by atoms with E-state index in [0.29, 0.717) is 0 Å². The second-order valence-electron chi connectivity index (χ2n) is 3.02. The molecule has 0 saturated carbocycles. The highest BCUT2D eigenvalue weighted by Gasteiger charge is 2.26. The summed E-state index contributed by atoms with van der Waals surface area (Å²) in [6, 6.07) is -7.97. The molecule has 0 atom stereocenters. The van der Waals surface area contributed by atoms with Gasteiger partial charge in [0.05, 0.1) is 11.0 Å². The summed E-state index contributed by atoms with van der Waals surface area (Å²) >= 11 is 5.72. The predicted octanol–water partition coefficient (Wildman–Crippen LogP) is 5.11. The van der Waals surface area contributed by atoms with Crippen LogP contribution in [0.5, 0.6) is 11.5 Å². The Labute approximate surface area is 137 Å². The van der Waals surface area contributed by atoms with Gasteiger partial charge in [0.15, 0.2) is 0 Å². The number of rotatable bonds is 4. The molecule has 5 heteroatoms. The molecule has 2 aromatic rings. The van der Waals surface area contributed by atoms with E-state index < -0.39 is 91.6 Å². The minimum Gasteiger partial charge on any atom is -0.404 e. The van der Waals surface area contributed by atoms with Crippen LogP contribution in [0.25, 0.3) is 0 Å². The molecule has 0 bridgehead atoms. The van der Waals surface area contributed by atoms with Crippen LogP contribution in [0.3, 0.4) is 0 Å². The van der Waals surface area contributed by atoms with E-state index in [-0.39, 0.29) is 0 Å². The Hall–Kier alpha value is -1.44. The molecular formula is C14H14ClO3P. The first kappa shape index (κ1) is 4.54. The Kier molecular flexibility index (Phi) is 1.36. The summed E-state index contributed by atoms with van der Waals surface area (Å²) in [5, 5.41) is 0. The smallest absolute Gasteiger partial charge is 0.404 e. The lowest BCUT2D eigenvalue weighted by atomic mass is 10.2. The molecule has 0 aliphatic carbocycles. The van der Waals surface area contributed by atoms with Gasteiger partial charge in [0.2, 0.25) is 0 Å². The minimum atomic E-state index is -5.22. The SMILES string of the molecule is [2H]c1c([2H])c([2H])c(C([2H])([2H])[2H])c(OP(=O)(Cl)Oc2c([2H])c([2H])c([2H])c([2H])c2C([2H])([2H])[2H])c1[2H]. The Bertz CT molecular complexity index is 1090. The lowest BCUT2D eigenvalue weighted by Gasteiger charge is -2.16. The number of benzene rings is 2. The highest BCUT2D eigenvalue weighted by molar-refractivity contribution is 7.82. The van der Waals surface area contributed by atoms with Gasteiger partial charge in [-0.05, 0) is 36.9 Å².